The fraction of sp³-hybridized carbons (Fsp3) is 0.286. The van der Waals surface area contributed by atoms with Crippen molar-refractivity contribution < 1.29 is 4.79 Å². The maximum absolute atomic E-state index is 12.4. The number of nitrogen functional groups attached to an aromatic ring is 1. The molecule has 2 rings (SSSR count). The third kappa shape index (κ3) is 3.34. The Balaban J connectivity index is 2.07. The van der Waals surface area contributed by atoms with Gasteiger partial charge in [0.15, 0.2) is 0 Å². The standard InChI is InChI=1S/C14H18N4OS/c1-10(9-11-5-4-8-20-11)18(2)14(19)12-6-3-7-13(16-12)17-15/h3-8,10H,9,15H2,1-2H3,(H,16,17). The zero-order chi connectivity index (χ0) is 14.5. The number of hydrogen-bond acceptors (Lipinski definition) is 5. The molecule has 0 radical (unpaired) electrons. The molecule has 5 nitrogen and oxygen atoms in total. The lowest BCUT2D eigenvalue weighted by molar-refractivity contribution is 0.0738. The Morgan fingerprint density at radius 3 is 2.90 bits per heavy atom. The number of likely N-dealkylation sites (N-methyl/N-ethyl adjacent to an activating group) is 1. The van der Waals surface area contributed by atoms with Crippen LogP contribution in [0.1, 0.15) is 22.3 Å². The molecule has 20 heavy (non-hydrogen) atoms. The average molecular weight is 290 g/mol. The van der Waals surface area contributed by atoms with Crippen molar-refractivity contribution in [2.75, 3.05) is 12.5 Å². The molecule has 1 amide bonds. The number of rotatable bonds is 5. The molecule has 1 unspecified atom stereocenters. The molecule has 1 atom stereocenters. The molecule has 0 saturated carbocycles. The molecule has 0 saturated heterocycles. The molecular formula is C14H18N4OS. The van der Waals surface area contributed by atoms with E-state index >= 15 is 0 Å². The molecule has 6 heteroatoms. The Morgan fingerprint density at radius 2 is 2.25 bits per heavy atom. The molecule has 106 valence electrons. The molecule has 2 heterocycles. The van der Waals surface area contributed by atoms with Gasteiger partial charge in [-0.3, -0.25) is 4.79 Å². The molecule has 0 fully saturated rings. The lowest BCUT2D eigenvalue weighted by Gasteiger charge is -2.24. The lowest BCUT2D eigenvalue weighted by atomic mass is 10.1. The van der Waals surface area contributed by atoms with Crippen LogP contribution >= 0.6 is 11.3 Å². The summed E-state index contributed by atoms with van der Waals surface area (Å²) in [6.45, 7) is 2.03. The quantitative estimate of drug-likeness (QED) is 0.653. The summed E-state index contributed by atoms with van der Waals surface area (Å²) < 4.78 is 0. The van der Waals surface area contributed by atoms with Crippen LogP contribution in [0.3, 0.4) is 0 Å². The molecule has 3 N–H and O–H groups in total. The minimum Gasteiger partial charge on any atom is -0.337 e. The van der Waals surface area contributed by atoms with Gasteiger partial charge in [-0.25, -0.2) is 10.8 Å². The summed E-state index contributed by atoms with van der Waals surface area (Å²) >= 11 is 1.70. The molecule has 2 aromatic heterocycles. The van der Waals surface area contributed by atoms with Crippen molar-refractivity contribution in [1.82, 2.24) is 9.88 Å². The van der Waals surface area contributed by atoms with Crippen LogP contribution < -0.4 is 11.3 Å². The molecule has 0 bridgehead atoms. The fourth-order valence-electron chi connectivity index (χ4n) is 1.87. The van der Waals surface area contributed by atoms with Gasteiger partial charge in [-0.15, -0.1) is 11.3 Å². The summed E-state index contributed by atoms with van der Waals surface area (Å²) in [7, 11) is 1.80. The van der Waals surface area contributed by atoms with Crippen LogP contribution in [0.2, 0.25) is 0 Å². The summed E-state index contributed by atoms with van der Waals surface area (Å²) in [5, 5.41) is 2.04. The summed E-state index contributed by atoms with van der Waals surface area (Å²) in [6.07, 6.45) is 0.842. The van der Waals surface area contributed by atoms with Gasteiger partial charge in [0.25, 0.3) is 5.91 Å². The SMILES string of the molecule is CC(Cc1cccs1)N(C)C(=O)c1cccc(NN)n1. The molecule has 0 aliphatic carbocycles. The number of carbonyl (C=O) groups excluding carboxylic acids is 1. The van der Waals surface area contributed by atoms with Gasteiger partial charge >= 0.3 is 0 Å². The van der Waals surface area contributed by atoms with E-state index < -0.39 is 0 Å². The van der Waals surface area contributed by atoms with Crippen molar-refractivity contribution in [2.45, 2.75) is 19.4 Å². The highest BCUT2D eigenvalue weighted by atomic mass is 32.1. The van der Waals surface area contributed by atoms with Gasteiger partial charge in [0.2, 0.25) is 0 Å². The monoisotopic (exact) mass is 290 g/mol. The number of hydrazine groups is 1. The van der Waals surface area contributed by atoms with E-state index in [1.807, 2.05) is 18.4 Å². The predicted molar refractivity (Wildman–Crippen MR) is 81.6 cm³/mol. The number of aromatic nitrogens is 1. The number of thiophene rings is 1. The van der Waals surface area contributed by atoms with Gasteiger partial charge in [0.05, 0.1) is 0 Å². The molecule has 0 aliphatic heterocycles. The summed E-state index contributed by atoms with van der Waals surface area (Å²) in [5.41, 5.74) is 2.84. The number of carbonyl (C=O) groups is 1. The fourth-order valence-corrected chi connectivity index (χ4v) is 2.70. The number of amides is 1. The lowest BCUT2D eigenvalue weighted by Crippen LogP contribution is -2.36. The van der Waals surface area contributed by atoms with E-state index in [4.69, 9.17) is 5.84 Å². The third-order valence-corrected chi connectivity index (χ3v) is 4.07. The van der Waals surface area contributed by atoms with Crippen molar-refractivity contribution in [3.63, 3.8) is 0 Å². The summed E-state index contributed by atoms with van der Waals surface area (Å²) in [6, 6.07) is 9.37. The Labute approximate surface area is 122 Å². The van der Waals surface area contributed by atoms with E-state index in [1.54, 1.807) is 41.5 Å². The third-order valence-electron chi connectivity index (χ3n) is 3.17. The van der Waals surface area contributed by atoms with E-state index in [2.05, 4.69) is 16.5 Å². The number of nitrogens with one attached hydrogen (secondary N) is 1. The summed E-state index contributed by atoms with van der Waals surface area (Å²) in [5.74, 6) is 5.69. The van der Waals surface area contributed by atoms with Crippen LogP contribution in [0.25, 0.3) is 0 Å². The second-order valence-corrected chi connectivity index (χ2v) is 5.63. The topological polar surface area (TPSA) is 71.2 Å². The number of pyridine rings is 1. The van der Waals surface area contributed by atoms with Crippen molar-refractivity contribution in [1.29, 1.82) is 0 Å². The van der Waals surface area contributed by atoms with Crippen LogP contribution in [0.4, 0.5) is 5.82 Å². The zero-order valence-corrected chi connectivity index (χ0v) is 12.4. The Morgan fingerprint density at radius 1 is 1.45 bits per heavy atom. The number of nitrogens with two attached hydrogens (primary N) is 1. The van der Waals surface area contributed by atoms with Gasteiger partial charge in [-0.2, -0.15) is 0 Å². The molecule has 0 aliphatic rings. The van der Waals surface area contributed by atoms with Crippen LogP contribution in [-0.2, 0) is 6.42 Å². The van der Waals surface area contributed by atoms with Crippen molar-refractivity contribution in [3.05, 3.63) is 46.3 Å². The minimum absolute atomic E-state index is 0.105. The van der Waals surface area contributed by atoms with Crippen molar-refractivity contribution in [3.8, 4) is 0 Å². The van der Waals surface area contributed by atoms with Crippen molar-refractivity contribution in [2.24, 2.45) is 5.84 Å². The van der Waals surface area contributed by atoms with Gasteiger partial charge in [-0.1, -0.05) is 12.1 Å². The zero-order valence-electron chi connectivity index (χ0n) is 11.5. The summed E-state index contributed by atoms with van der Waals surface area (Å²) in [4.78, 5) is 19.5. The first kappa shape index (κ1) is 14.5. The second-order valence-electron chi connectivity index (χ2n) is 4.60. The maximum atomic E-state index is 12.4. The Kier molecular flexibility index (Phi) is 4.70. The molecule has 0 aromatic carbocycles. The van der Waals surface area contributed by atoms with E-state index in [0.29, 0.717) is 11.5 Å². The Bertz CT molecular complexity index is 570. The average Bonchev–Trinajstić information content (AvgIpc) is 2.98. The normalized spacial score (nSPS) is 11.9. The first-order chi connectivity index (χ1) is 9.61. The maximum Gasteiger partial charge on any atom is 0.272 e. The van der Waals surface area contributed by atoms with Gasteiger partial charge in [0.1, 0.15) is 11.5 Å². The minimum atomic E-state index is -0.105. The van der Waals surface area contributed by atoms with E-state index in [0.717, 1.165) is 6.42 Å². The van der Waals surface area contributed by atoms with Gasteiger partial charge in [-0.05, 0) is 30.5 Å². The molecular weight excluding hydrogens is 272 g/mol. The van der Waals surface area contributed by atoms with Crippen LogP contribution in [0.5, 0.6) is 0 Å². The van der Waals surface area contributed by atoms with Crippen LogP contribution in [0.15, 0.2) is 35.7 Å². The Hall–Kier alpha value is -1.92. The van der Waals surface area contributed by atoms with Gasteiger partial charge in [0, 0.05) is 24.4 Å². The largest absolute Gasteiger partial charge is 0.337 e. The predicted octanol–water partition coefficient (Wildman–Crippen LogP) is 2.13. The van der Waals surface area contributed by atoms with Crippen molar-refractivity contribution >= 4 is 23.1 Å². The first-order valence-electron chi connectivity index (χ1n) is 6.35. The smallest absolute Gasteiger partial charge is 0.272 e. The first-order valence-corrected chi connectivity index (χ1v) is 7.23. The number of nitrogens with zero attached hydrogens (tertiary/aromatic N) is 2. The van der Waals surface area contributed by atoms with Crippen LogP contribution in [-0.4, -0.2) is 28.9 Å². The van der Waals surface area contributed by atoms with Crippen LogP contribution in [0, 0.1) is 0 Å². The number of hydrogen-bond donors (Lipinski definition) is 2. The highest BCUT2D eigenvalue weighted by Crippen LogP contribution is 2.15. The highest BCUT2D eigenvalue weighted by molar-refractivity contribution is 7.09. The van der Waals surface area contributed by atoms with E-state index in [9.17, 15) is 4.79 Å². The van der Waals surface area contributed by atoms with E-state index in [1.165, 1.54) is 4.88 Å². The molecule has 2 aromatic rings. The van der Waals surface area contributed by atoms with Gasteiger partial charge < -0.3 is 10.3 Å². The molecule has 0 spiro atoms. The van der Waals surface area contributed by atoms with E-state index in [-0.39, 0.29) is 11.9 Å². The second kappa shape index (κ2) is 6.49. The number of anilines is 1. The highest BCUT2D eigenvalue weighted by Gasteiger charge is 2.19.